The molecule has 1 aliphatic rings. The molecule has 0 radical (unpaired) electrons. The molecule has 0 amide bonds. The highest BCUT2D eigenvalue weighted by molar-refractivity contribution is 6.31. The molecule has 2 aromatic carbocycles. The molecule has 4 heteroatoms. The molecule has 1 heterocycles. The molecule has 1 aliphatic heterocycles. The Balaban J connectivity index is 2.14. The monoisotopic (exact) mass is 274 g/mol. The van der Waals surface area contributed by atoms with Crippen LogP contribution < -0.4 is 0 Å². The van der Waals surface area contributed by atoms with Gasteiger partial charge in [0.25, 0.3) is 0 Å². The summed E-state index contributed by atoms with van der Waals surface area (Å²) in [5, 5.41) is 9.68. The van der Waals surface area contributed by atoms with Crippen LogP contribution in [0.2, 0.25) is 5.02 Å². The Morgan fingerprint density at radius 3 is 2.68 bits per heavy atom. The highest BCUT2D eigenvalue weighted by atomic mass is 35.5. The molecule has 0 atom stereocenters. The highest BCUT2D eigenvalue weighted by Crippen LogP contribution is 2.30. The van der Waals surface area contributed by atoms with Crippen molar-refractivity contribution in [1.29, 1.82) is 0 Å². The summed E-state index contributed by atoms with van der Waals surface area (Å²) in [5.74, 6) is -0.978. The first kappa shape index (κ1) is 12.2. The molecule has 19 heavy (non-hydrogen) atoms. The van der Waals surface area contributed by atoms with Gasteiger partial charge >= 0.3 is 5.97 Å². The summed E-state index contributed by atoms with van der Waals surface area (Å²) in [7, 11) is 0. The lowest BCUT2D eigenvalue weighted by atomic mass is 9.96. The van der Waals surface area contributed by atoms with Crippen molar-refractivity contribution in [2.45, 2.75) is 13.2 Å². The zero-order valence-electron chi connectivity index (χ0n) is 10.0. The Morgan fingerprint density at radius 2 is 1.89 bits per heavy atom. The van der Waals surface area contributed by atoms with Crippen molar-refractivity contribution in [2.24, 2.45) is 0 Å². The van der Waals surface area contributed by atoms with Crippen molar-refractivity contribution < 1.29 is 14.6 Å². The standard InChI is InChI=1S/C15H11ClO3/c16-12-3-4-13(14(6-12)15(17)18)9-1-2-10-7-19-8-11(10)5-9/h1-6H,7-8H2,(H,17,18). The van der Waals surface area contributed by atoms with Gasteiger partial charge in [0.2, 0.25) is 0 Å². The Labute approximate surface area is 115 Å². The fourth-order valence-corrected chi connectivity index (χ4v) is 2.46. The van der Waals surface area contributed by atoms with E-state index in [2.05, 4.69) is 0 Å². The van der Waals surface area contributed by atoms with Crippen LogP contribution in [-0.4, -0.2) is 11.1 Å². The molecule has 0 aliphatic carbocycles. The van der Waals surface area contributed by atoms with Gasteiger partial charge in [-0.1, -0.05) is 29.8 Å². The SMILES string of the molecule is O=C(O)c1cc(Cl)ccc1-c1ccc2c(c1)COC2. The number of aromatic carboxylic acids is 1. The number of carboxylic acid groups (broad SMARTS) is 1. The number of benzene rings is 2. The molecular formula is C15H11ClO3. The molecule has 0 fully saturated rings. The average molecular weight is 275 g/mol. The van der Waals surface area contributed by atoms with Crippen LogP contribution in [-0.2, 0) is 18.0 Å². The van der Waals surface area contributed by atoms with Crippen LogP contribution in [0.5, 0.6) is 0 Å². The van der Waals surface area contributed by atoms with Crippen molar-refractivity contribution >= 4 is 17.6 Å². The third-order valence-electron chi connectivity index (χ3n) is 3.24. The highest BCUT2D eigenvalue weighted by Gasteiger charge is 2.16. The van der Waals surface area contributed by atoms with Crippen molar-refractivity contribution in [3.8, 4) is 11.1 Å². The normalized spacial score (nSPS) is 13.3. The molecular weight excluding hydrogens is 264 g/mol. The molecule has 0 saturated heterocycles. The van der Waals surface area contributed by atoms with Gasteiger partial charge in [-0.25, -0.2) is 4.79 Å². The van der Waals surface area contributed by atoms with E-state index in [1.54, 1.807) is 12.1 Å². The maximum absolute atomic E-state index is 11.3. The van der Waals surface area contributed by atoms with Gasteiger partial charge in [0.05, 0.1) is 18.8 Å². The van der Waals surface area contributed by atoms with Crippen LogP contribution in [0.1, 0.15) is 21.5 Å². The fourth-order valence-electron chi connectivity index (χ4n) is 2.28. The maximum atomic E-state index is 11.3. The third-order valence-corrected chi connectivity index (χ3v) is 3.48. The van der Waals surface area contributed by atoms with Crippen LogP contribution in [0.15, 0.2) is 36.4 Å². The Kier molecular flexibility index (Phi) is 3.01. The molecule has 3 nitrogen and oxygen atoms in total. The van der Waals surface area contributed by atoms with E-state index in [9.17, 15) is 9.90 Å². The van der Waals surface area contributed by atoms with E-state index in [-0.39, 0.29) is 5.56 Å². The lowest BCUT2D eigenvalue weighted by molar-refractivity contribution is 0.0697. The number of fused-ring (bicyclic) bond motifs is 1. The fraction of sp³-hybridized carbons (Fsp3) is 0.133. The summed E-state index contributed by atoms with van der Waals surface area (Å²) in [4.78, 5) is 11.3. The van der Waals surface area contributed by atoms with E-state index in [0.29, 0.717) is 23.8 Å². The quantitative estimate of drug-likeness (QED) is 0.907. The molecule has 96 valence electrons. The van der Waals surface area contributed by atoms with Gasteiger partial charge in [0, 0.05) is 5.02 Å². The summed E-state index contributed by atoms with van der Waals surface area (Å²) < 4.78 is 5.37. The molecule has 0 bridgehead atoms. The van der Waals surface area contributed by atoms with Gasteiger partial charge in [-0.15, -0.1) is 0 Å². The molecule has 3 rings (SSSR count). The Morgan fingerprint density at radius 1 is 1.11 bits per heavy atom. The topological polar surface area (TPSA) is 46.5 Å². The van der Waals surface area contributed by atoms with Crippen molar-refractivity contribution in [3.05, 3.63) is 58.1 Å². The van der Waals surface area contributed by atoms with Crippen molar-refractivity contribution in [1.82, 2.24) is 0 Å². The number of ether oxygens (including phenoxy) is 1. The van der Waals surface area contributed by atoms with E-state index in [1.807, 2.05) is 18.2 Å². The van der Waals surface area contributed by atoms with E-state index in [1.165, 1.54) is 6.07 Å². The van der Waals surface area contributed by atoms with Gasteiger partial charge in [0.15, 0.2) is 0 Å². The average Bonchev–Trinajstić information content (AvgIpc) is 2.85. The van der Waals surface area contributed by atoms with Crippen LogP contribution in [0.3, 0.4) is 0 Å². The van der Waals surface area contributed by atoms with Crippen LogP contribution >= 0.6 is 11.6 Å². The van der Waals surface area contributed by atoms with Crippen LogP contribution in [0.25, 0.3) is 11.1 Å². The molecule has 2 aromatic rings. The number of rotatable bonds is 2. The lowest BCUT2D eigenvalue weighted by Crippen LogP contribution is -1.99. The van der Waals surface area contributed by atoms with E-state index in [4.69, 9.17) is 16.3 Å². The number of halogens is 1. The summed E-state index contributed by atoms with van der Waals surface area (Å²) in [6, 6.07) is 10.8. The predicted molar refractivity (Wildman–Crippen MR) is 72.3 cm³/mol. The first-order chi connectivity index (χ1) is 9.15. The van der Waals surface area contributed by atoms with E-state index >= 15 is 0 Å². The number of hydrogen-bond donors (Lipinski definition) is 1. The van der Waals surface area contributed by atoms with Gasteiger partial charge in [-0.2, -0.15) is 0 Å². The Bertz CT molecular complexity index is 664. The first-order valence-corrected chi connectivity index (χ1v) is 6.26. The third kappa shape index (κ3) is 2.23. The minimum atomic E-state index is -0.978. The van der Waals surface area contributed by atoms with Gasteiger partial charge in [0.1, 0.15) is 0 Å². The molecule has 0 unspecified atom stereocenters. The second kappa shape index (κ2) is 4.68. The zero-order valence-corrected chi connectivity index (χ0v) is 10.8. The summed E-state index contributed by atoms with van der Waals surface area (Å²) in [6.45, 7) is 1.21. The minimum absolute atomic E-state index is 0.214. The molecule has 0 aromatic heterocycles. The second-order valence-electron chi connectivity index (χ2n) is 4.47. The lowest BCUT2D eigenvalue weighted by Gasteiger charge is -2.08. The largest absolute Gasteiger partial charge is 0.478 e. The number of carboxylic acids is 1. The van der Waals surface area contributed by atoms with Crippen LogP contribution in [0, 0.1) is 0 Å². The number of carbonyl (C=O) groups is 1. The van der Waals surface area contributed by atoms with Gasteiger partial charge < -0.3 is 9.84 Å². The van der Waals surface area contributed by atoms with Crippen molar-refractivity contribution in [3.63, 3.8) is 0 Å². The number of hydrogen-bond acceptors (Lipinski definition) is 2. The van der Waals surface area contributed by atoms with Gasteiger partial charge in [-0.05, 0) is 40.5 Å². The smallest absolute Gasteiger partial charge is 0.336 e. The minimum Gasteiger partial charge on any atom is -0.478 e. The predicted octanol–water partition coefficient (Wildman–Crippen LogP) is 3.74. The van der Waals surface area contributed by atoms with Gasteiger partial charge in [-0.3, -0.25) is 0 Å². The molecule has 0 saturated carbocycles. The zero-order chi connectivity index (χ0) is 13.4. The molecule has 1 N–H and O–H groups in total. The second-order valence-corrected chi connectivity index (χ2v) is 4.91. The summed E-state index contributed by atoms with van der Waals surface area (Å²) in [5.41, 5.74) is 4.04. The van der Waals surface area contributed by atoms with E-state index < -0.39 is 5.97 Å². The van der Waals surface area contributed by atoms with E-state index in [0.717, 1.165) is 16.7 Å². The van der Waals surface area contributed by atoms with Crippen molar-refractivity contribution in [2.75, 3.05) is 0 Å². The summed E-state index contributed by atoms with van der Waals surface area (Å²) in [6.07, 6.45) is 0. The Hall–Kier alpha value is -1.84. The first-order valence-electron chi connectivity index (χ1n) is 5.88. The molecule has 0 spiro atoms. The summed E-state index contributed by atoms with van der Waals surface area (Å²) >= 11 is 5.86. The maximum Gasteiger partial charge on any atom is 0.336 e. The van der Waals surface area contributed by atoms with Crippen LogP contribution in [0.4, 0.5) is 0 Å².